The van der Waals surface area contributed by atoms with Gasteiger partial charge in [-0.25, -0.2) is 0 Å². The number of aromatic nitrogens is 1. The van der Waals surface area contributed by atoms with Crippen molar-refractivity contribution >= 4 is 28.8 Å². The molecule has 2 aliphatic carbocycles. The molecule has 1 amide bonds. The van der Waals surface area contributed by atoms with E-state index >= 15 is 0 Å². The van der Waals surface area contributed by atoms with Gasteiger partial charge >= 0.3 is 4.87 Å². The molecule has 2 aromatic carbocycles. The van der Waals surface area contributed by atoms with Crippen LogP contribution in [-0.2, 0) is 19.3 Å². The first-order valence-corrected chi connectivity index (χ1v) is 12.5. The average Bonchev–Trinajstić information content (AvgIpc) is 3.36. The molecule has 5 rings (SSSR count). The van der Waals surface area contributed by atoms with E-state index in [1.54, 1.807) is 24.1 Å². The summed E-state index contributed by atoms with van der Waals surface area (Å²) in [6.45, 7) is 0. The number of halogens is 1. The van der Waals surface area contributed by atoms with Crippen LogP contribution < -0.4 is 9.61 Å². The Balaban J connectivity index is 1.45. The Morgan fingerprint density at radius 3 is 2.65 bits per heavy atom. The van der Waals surface area contributed by atoms with Crippen molar-refractivity contribution in [3.8, 4) is 23.1 Å². The van der Waals surface area contributed by atoms with E-state index in [0.29, 0.717) is 27.8 Å². The van der Waals surface area contributed by atoms with Crippen LogP contribution in [0, 0.1) is 0 Å². The minimum atomic E-state index is -0.296. The zero-order chi connectivity index (χ0) is 24.0. The molecule has 178 valence electrons. The van der Waals surface area contributed by atoms with Crippen molar-refractivity contribution in [2.45, 2.75) is 51.0 Å². The molecule has 0 spiro atoms. The second-order valence-electron chi connectivity index (χ2n) is 8.90. The lowest BCUT2D eigenvalue weighted by Crippen LogP contribution is -2.41. The van der Waals surface area contributed by atoms with Gasteiger partial charge in [0.15, 0.2) is 0 Å². The number of hydrogen-bond donors (Lipinski definition) is 3. The molecule has 3 N–H and O–H groups in total. The smallest absolute Gasteiger partial charge is 0.307 e. The lowest BCUT2D eigenvalue weighted by atomic mass is 9.91. The van der Waals surface area contributed by atoms with Crippen LogP contribution in [-0.4, -0.2) is 39.1 Å². The number of benzene rings is 2. The number of carbonyl (C=O) groups excluding carboxylic acids is 1. The maximum absolute atomic E-state index is 12.9. The standard InChI is InChI=1S/C25H25ClN2O5S/c1-28(14-4-2-5-14)24(31)18-12-15(8-9-20(18)29)33-22-17-7-3-6-16(17)13(10-19(22)26)11-21-23(30)27-25(32)34-21/h8-10,12,14,29-30H,2-7,11H2,1H3,(H,27,32). The van der Waals surface area contributed by atoms with E-state index in [1.807, 2.05) is 6.07 Å². The SMILES string of the molecule is CN(C(=O)c1cc(Oc2c(Cl)cc(Cc3sc(=O)[nH]c3O)c3c2CCC3)ccc1O)C1CCC1. The highest BCUT2D eigenvalue weighted by Crippen LogP contribution is 2.43. The van der Waals surface area contributed by atoms with Gasteiger partial charge < -0.3 is 19.8 Å². The molecular formula is C25H25ClN2O5S. The number of aromatic amines is 1. The molecule has 0 saturated heterocycles. The highest BCUT2D eigenvalue weighted by Gasteiger charge is 2.28. The Bertz CT molecular complexity index is 1330. The van der Waals surface area contributed by atoms with E-state index in [-0.39, 0.29) is 34.0 Å². The first kappa shape index (κ1) is 22.8. The molecule has 7 nitrogen and oxygen atoms in total. The normalized spacial score (nSPS) is 15.1. The Hall–Kier alpha value is -2.97. The lowest BCUT2D eigenvalue weighted by molar-refractivity contribution is 0.0648. The van der Waals surface area contributed by atoms with Gasteiger partial charge in [-0.05, 0) is 79.5 Å². The van der Waals surface area contributed by atoms with Gasteiger partial charge in [-0.15, -0.1) is 0 Å². The Kier molecular flexibility index (Phi) is 6.04. The number of carbonyl (C=O) groups is 1. The molecule has 0 bridgehead atoms. The van der Waals surface area contributed by atoms with E-state index in [0.717, 1.165) is 66.6 Å². The quantitative estimate of drug-likeness (QED) is 0.442. The minimum absolute atomic E-state index is 0.0829. The van der Waals surface area contributed by atoms with Crippen LogP contribution in [0.15, 0.2) is 29.1 Å². The predicted molar refractivity (Wildman–Crippen MR) is 131 cm³/mol. The molecule has 0 atom stereocenters. The van der Waals surface area contributed by atoms with Crippen LogP contribution in [0.25, 0.3) is 0 Å². The zero-order valence-electron chi connectivity index (χ0n) is 18.7. The highest BCUT2D eigenvalue weighted by atomic mass is 35.5. The molecule has 1 fully saturated rings. The Morgan fingerprint density at radius 2 is 1.97 bits per heavy atom. The number of nitrogens with one attached hydrogen (secondary N) is 1. The largest absolute Gasteiger partial charge is 0.507 e. The Morgan fingerprint density at radius 1 is 1.21 bits per heavy atom. The number of phenolic OH excluding ortho intramolecular Hbond substituents is 1. The fourth-order valence-corrected chi connectivity index (χ4v) is 5.74. The number of H-pyrrole nitrogens is 1. The van der Waals surface area contributed by atoms with Gasteiger partial charge in [0.1, 0.15) is 17.2 Å². The summed E-state index contributed by atoms with van der Waals surface area (Å²) in [7, 11) is 1.76. The molecule has 0 aliphatic heterocycles. The van der Waals surface area contributed by atoms with Crippen LogP contribution in [0.1, 0.15) is 57.6 Å². The average molecular weight is 501 g/mol. The third kappa shape index (κ3) is 4.16. The topological polar surface area (TPSA) is 103 Å². The van der Waals surface area contributed by atoms with Crippen LogP contribution in [0.4, 0.5) is 0 Å². The number of rotatable bonds is 6. The van der Waals surface area contributed by atoms with Crippen molar-refractivity contribution in [3.63, 3.8) is 0 Å². The molecule has 0 radical (unpaired) electrons. The van der Waals surface area contributed by atoms with E-state index < -0.39 is 0 Å². The summed E-state index contributed by atoms with van der Waals surface area (Å²) < 4.78 is 6.19. The van der Waals surface area contributed by atoms with Crippen molar-refractivity contribution in [1.82, 2.24) is 9.88 Å². The van der Waals surface area contributed by atoms with Crippen LogP contribution >= 0.6 is 22.9 Å². The highest BCUT2D eigenvalue weighted by molar-refractivity contribution is 7.09. The van der Waals surface area contributed by atoms with Crippen LogP contribution in [0.2, 0.25) is 5.02 Å². The fourth-order valence-electron chi connectivity index (χ4n) is 4.71. The third-order valence-electron chi connectivity index (χ3n) is 6.81. The molecular weight excluding hydrogens is 476 g/mol. The number of aromatic hydroxyl groups is 2. The van der Waals surface area contributed by atoms with Gasteiger partial charge in [-0.2, -0.15) is 0 Å². The zero-order valence-corrected chi connectivity index (χ0v) is 20.3. The van der Waals surface area contributed by atoms with Gasteiger partial charge in [0, 0.05) is 19.5 Å². The number of nitrogens with zero attached hydrogens (tertiary/aromatic N) is 1. The van der Waals surface area contributed by atoms with Gasteiger partial charge in [0.05, 0.1) is 15.5 Å². The maximum Gasteiger partial charge on any atom is 0.307 e. The maximum atomic E-state index is 12.9. The molecule has 2 aliphatic rings. The van der Waals surface area contributed by atoms with Gasteiger partial charge in [0.2, 0.25) is 5.88 Å². The third-order valence-corrected chi connectivity index (χ3v) is 7.96. The molecule has 1 saturated carbocycles. The number of ether oxygens (including phenoxy) is 1. The molecule has 0 unspecified atom stereocenters. The van der Waals surface area contributed by atoms with Crippen LogP contribution in [0.3, 0.4) is 0 Å². The van der Waals surface area contributed by atoms with Crippen LogP contribution in [0.5, 0.6) is 23.1 Å². The first-order chi connectivity index (χ1) is 16.3. The summed E-state index contributed by atoms with van der Waals surface area (Å²) in [5.41, 5.74) is 3.27. The summed E-state index contributed by atoms with van der Waals surface area (Å²) >= 11 is 7.64. The van der Waals surface area contributed by atoms with Crippen molar-refractivity contribution in [2.75, 3.05) is 7.05 Å². The second-order valence-corrected chi connectivity index (χ2v) is 10.4. The number of phenols is 1. The summed E-state index contributed by atoms with van der Waals surface area (Å²) in [5.74, 6) is 0.547. The number of hydrogen-bond acceptors (Lipinski definition) is 6. The predicted octanol–water partition coefficient (Wildman–Crippen LogP) is 5.00. The first-order valence-electron chi connectivity index (χ1n) is 11.3. The lowest BCUT2D eigenvalue weighted by Gasteiger charge is -2.34. The van der Waals surface area contributed by atoms with E-state index in [2.05, 4.69) is 4.98 Å². The summed E-state index contributed by atoms with van der Waals surface area (Å²) in [4.78, 5) is 28.9. The number of amides is 1. The number of thiazole rings is 1. The van der Waals surface area contributed by atoms with Crippen molar-refractivity contribution in [2.24, 2.45) is 0 Å². The molecule has 34 heavy (non-hydrogen) atoms. The monoisotopic (exact) mass is 500 g/mol. The van der Waals surface area contributed by atoms with Gasteiger partial charge in [-0.1, -0.05) is 22.9 Å². The van der Waals surface area contributed by atoms with E-state index in [9.17, 15) is 19.8 Å². The minimum Gasteiger partial charge on any atom is -0.507 e. The molecule has 9 heteroatoms. The molecule has 1 heterocycles. The summed E-state index contributed by atoms with van der Waals surface area (Å²) in [6.07, 6.45) is 6.06. The van der Waals surface area contributed by atoms with E-state index in [1.165, 1.54) is 6.07 Å². The fraction of sp³-hybridized carbons (Fsp3) is 0.360. The second kappa shape index (κ2) is 9.00. The van der Waals surface area contributed by atoms with Crippen molar-refractivity contribution in [3.05, 3.63) is 66.1 Å². The molecule has 1 aromatic heterocycles. The van der Waals surface area contributed by atoms with Crippen molar-refractivity contribution in [1.29, 1.82) is 0 Å². The van der Waals surface area contributed by atoms with Gasteiger partial charge in [-0.3, -0.25) is 14.6 Å². The number of fused-ring (bicyclic) bond motifs is 1. The van der Waals surface area contributed by atoms with Crippen molar-refractivity contribution < 1.29 is 19.7 Å². The Labute approximate surface area is 205 Å². The summed E-state index contributed by atoms with van der Waals surface area (Å²) in [6, 6.07) is 6.68. The molecule has 3 aromatic rings. The van der Waals surface area contributed by atoms with Gasteiger partial charge in [0.25, 0.3) is 5.91 Å². The summed E-state index contributed by atoms with van der Waals surface area (Å²) in [5, 5.41) is 20.7. The van der Waals surface area contributed by atoms with E-state index in [4.69, 9.17) is 16.3 Å².